The highest BCUT2D eigenvalue weighted by Gasteiger charge is 2.17. The zero-order chi connectivity index (χ0) is 20.9. The molecule has 0 aromatic rings. The maximum absolute atomic E-state index is 10.3. The fourth-order valence-electron chi connectivity index (χ4n) is 2.79. The molecule has 0 fully saturated rings. The van der Waals surface area contributed by atoms with Gasteiger partial charge in [0.2, 0.25) is 0 Å². The molecule has 0 aliphatic heterocycles. The molecule has 0 amide bonds. The molecule has 4 N–H and O–H groups in total. The lowest BCUT2D eigenvalue weighted by atomic mass is 10.0. The van der Waals surface area contributed by atoms with Gasteiger partial charge in [-0.05, 0) is 12.3 Å². The highest BCUT2D eigenvalue weighted by Crippen LogP contribution is 2.12. The predicted molar refractivity (Wildman–Crippen MR) is 113 cm³/mol. The van der Waals surface area contributed by atoms with Crippen LogP contribution in [0.15, 0.2) is 0 Å². The van der Waals surface area contributed by atoms with E-state index in [2.05, 4.69) is 6.92 Å². The van der Waals surface area contributed by atoms with Gasteiger partial charge in [0.15, 0.2) is 0 Å². The Kier molecular flexibility index (Phi) is 22.1. The monoisotopic (exact) mass is 387 g/mol. The fourth-order valence-corrected chi connectivity index (χ4v) is 2.79. The number of aliphatic carboxylic acids is 2. The van der Waals surface area contributed by atoms with Crippen LogP contribution < -0.4 is 5.73 Å². The summed E-state index contributed by atoms with van der Waals surface area (Å²) in [5.74, 6) is -1.50. The van der Waals surface area contributed by atoms with Crippen LogP contribution in [0.5, 0.6) is 0 Å². The second-order valence-electron chi connectivity index (χ2n) is 7.64. The summed E-state index contributed by atoms with van der Waals surface area (Å²) in [6, 6.07) is -0.699. The van der Waals surface area contributed by atoms with Crippen LogP contribution in [-0.2, 0) is 9.59 Å². The number of carboxylic acid groups (broad SMARTS) is 2. The van der Waals surface area contributed by atoms with E-state index in [1.54, 1.807) is 0 Å². The number of hydrogen-bond acceptors (Lipinski definition) is 3. The fraction of sp³-hybridized carbons (Fsp3) is 0.909. The van der Waals surface area contributed by atoms with E-state index in [1.807, 2.05) is 13.8 Å². The maximum atomic E-state index is 10.3. The van der Waals surface area contributed by atoms with Gasteiger partial charge in [-0.1, -0.05) is 104 Å². The van der Waals surface area contributed by atoms with Crippen molar-refractivity contribution in [1.29, 1.82) is 0 Å². The first-order chi connectivity index (χ1) is 12.9. The van der Waals surface area contributed by atoms with Crippen molar-refractivity contribution in [2.45, 2.75) is 123 Å². The van der Waals surface area contributed by atoms with Crippen LogP contribution in [0.4, 0.5) is 0 Å². The smallest absolute Gasteiger partial charge is 0.320 e. The van der Waals surface area contributed by atoms with Crippen molar-refractivity contribution in [1.82, 2.24) is 0 Å². The second kappa shape index (κ2) is 21.2. The summed E-state index contributed by atoms with van der Waals surface area (Å²) in [7, 11) is 0. The highest BCUT2D eigenvalue weighted by atomic mass is 16.4. The van der Waals surface area contributed by atoms with Crippen LogP contribution in [0.3, 0.4) is 0 Å². The van der Waals surface area contributed by atoms with E-state index in [1.165, 1.54) is 70.6 Å². The first kappa shape index (κ1) is 28.1. The van der Waals surface area contributed by atoms with Gasteiger partial charge >= 0.3 is 11.9 Å². The van der Waals surface area contributed by atoms with Crippen molar-refractivity contribution >= 4 is 11.9 Å². The Hall–Kier alpha value is -1.10. The SMILES string of the molecule is CCCCCCCCCCCCCCCC(=O)O.CC[C@H](C)[C@H](N)C(=O)O. The molecule has 0 aliphatic rings. The lowest BCUT2D eigenvalue weighted by Crippen LogP contribution is -2.36. The van der Waals surface area contributed by atoms with Gasteiger partial charge in [-0.15, -0.1) is 0 Å². The van der Waals surface area contributed by atoms with Crippen LogP contribution in [0.2, 0.25) is 0 Å². The van der Waals surface area contributed by atoms with Gasteiger partial charge in [0, 0.05) is 6.42 Å². The number of nitrogens with two attached hydrogens (primary N) is 1. The van der Waals surface area contributed by atoms with E-state index in [-0.39, 0.29) is 5.92 Å². The van der Waals surface area contributed by atoms with Crippen LogP contribution in [0.1, 0.15) is 117 Å². The van der Waals surface area contributed by atoms with Gasteiger partial charge in [-0.25, -0.2) is 0 Å². The van der Waals surface area contributed by atoms with Gasteiger partial charge in [0.25, 0.3) is 0 Å². The van der Waals surface area contributed by atoms with Crippen molar-refractivity contribution in [2.24, 2.45) is 11.7 Å². The third kappa shape index (κ3) is 22.9. The van der Waals surface area contributed by atoms with Gasteiger partial charge in [-0.3, -0.25) is 9.59 Å². The van der Waals surface area contributed by atoms with Crippen LogP contribution >= 0.6 is 0 Å². The Morgan fingerprint density at radius 1 is 0.741 bits per heavy atom. The number of unbranched alkanes of at least 4 members (excludes halogenated alkanes) is 12. The molecule has 5 heteroatoms. The molecule has 0 saturated carbocycles. The van der Waals surface area contributed by atoms with Crippen LogP contribution in [0.25, 0.3) is 0 Å². The normalized spacial score (nSPS) is 12.7. The second-order valence-corrected chi connectivity index (χ2v) is 7.64. The molecular weight excluding hydrogens is 342 g/mol. The molecule has 2 atom stereocenters. The van der Waals surface area contributed by atoms with Gasteiger partial charge < -0.3 is 15.9 Å². The number of carbonyl (C=O) groups is 2. The van der Waals surface area contributed by atoms with E-state index < -0.39 is 18.0 Å². The quantitative estimate of drug-likeness (QED) is 0.266. The van der Waals surface area contributed by atoms with Gasteiger partial charge in [0.1, 0.15) is 6.04 Å². The zero-order valence-electron chi connectivity index (χ0n) is 18.0. The van der Waals surface area contributed by atoms with Crippen LogP contribution in [0, 0.1) is 5.92 Å². The van der Waals surface area contributed by atoms with E-state index in [0.29, 0.717) is 6.42 Å². The molecule has 0 heterocycles. The summed E-state index contributed by atoms with van der Waals surface area (Å²) in [5, 5.41) is 16.8. The summed E-state index contributed by atoms with van der Waals surface area (Å²) in [5.41, 5.74) is 5.27. The lowest BCUT2D eigenvalue weighted by Gasteiger charge is -2.11. The Balaban J connectivity index is 0. The molecule has 0 aromatic carbocycles. The number of carboxylic acids is 2. The molecule has 27 heavy (non-hydrogen) atoms. The third-order valence-corrected chi connectivity index (χ3v) is 5.04. The topological polar surface area (TPSA) is 101 Å². The van der Waals surface area contributed by atoms with E-state index in [0.717, 1.165) is 19.3 Å². The molecule has 0 unspecified atom stereocenters. The van der Waals surface area contributed by atoms with E-state index in [9.17, 15) is 9.59 Å². The molecular formula is C22H45NO4. The first-order valence-electron chi connectivity index (χ1n) is 11.1. The molecule has 0 rings (SSSR count). The lowest BCUT2D eigenvalue weighted by molar-refractivity contribution is -0.140. The maximum Gasteiger partial charge on any atom is 0.320 e. The van der Waals surface area contributed by atoms with Crippen LogP contribution in [-0.4, -0.2) is 28.2 Å². The molecule has 0 aromatic heterocycles. The molecule has 0 bridgehead atoms. The molecule has 0 aliphatic carbocycles. The minimum atomic E-state index is -0.913. The number of rotatable bonds is 17. The van der Waals surface area contributed by atoms with E-state index in [4.69, 9.17) is 15.9 Å². The minimum absolute atomic E-state index is 0.0718. The van der Waals surface area contributed by atoms with Gasteiger partial charge in [-0.2, -0.15) is 0 Å². The Bertz CT molecular complexity index is 347. The molecule has 162 valence electrons. The average molecular weight is 388 g/mol. The summed E-state index contributed by atoms with van der Waals surface area (Å²) >= 11 is 0. The van der Waals surface area contributed by atoms with Crippen molar-refractivity contribution in [3.8, 4) is 0 Å². The molecule has 5 nitrogen and oxygen atoms in total. The molecule has 0 spiro atoms. The summed E-state index contributed by atoms with van der Waals surface area (Å²) in [4.78, 5) is 20.5. The summed E-state index contributed by atoms with van der Waals surface area (Å²) in [6.07, 6.45) is 18.1. The van der Waals surface area contributed by atoms with Crippen molar-refractivity contribution in [3.05, 3.63) is 0 Å². The zero-order valence-corrected chi connectivity index (χ0v) is 18.0. The Labute approximate surface area is 167 Å². The standard InChI is InChI=1S/C16H32O2.C6H13NO2/c1-2-3-4-5-6-7-8-9-10-11-12-13-14-15-16(17)18;1-3-4(2)5(7)6(8)9/h2-15H2,1H3,(H,17,18);4-5H,3,7H2,1-2H3,(H,8,9)/t;4-,5-/m.0/s1. The molecule has 0 saturated heterocycles. The molecule has 0 radical (unpaired) electrons. The summed E-state index contributed by atoms with van der Waals surface area (Å²) < 4.78 is 0. The Morgan fingerprint density at radius 3 is 1.37 bits per heavy atom. The van der Waals surface area contributed by atoms with Crippen molar-refractivity contribution in [3.63, 3.8) is 0 Å². The van der Waals surface area contributed by atoms with Gasteiger partial charge in [0.05, 0.1) is 0 Å². The third-order valence-electron chi connectivity index (χ3n) is 5.04. The average Bonchev–Trinajstić information content (AvgIpc) is 2.64. The van der Waals surface area contributed by atoms with Crippen molar-refractivity contribution in [2.75, 3.05) is 0 Å². The highest BCUT2D eigenvalue weighted by molar-refractivity contribution is 5.73. The largest absolute Gasteiger partial charge is 0.481 e. The summed E-state index contributed by atoms with van der Waals surface area (Å²) in [6.45, 7) is 6.02. The Morgan fingerprint density at radius 2 is 1.11 bits per heavy atom. The predicted octanol–water partition coefficient (Wildman–Crippen LogP) is 6.00. The van der Waals surface area contributed by atoms with Crippen molar-refractivity contribution < 1.29 is 19.8 Å². The number of hydrogen-bond donors (Lipinski definition) is 3. The van der Waals surface area contributed by atoms with E-state index >= 15 is 0 Å². The minimum Gasteiger partial charge on any atom is -0.481 e. The first-order valence-corrected chi connectivity index (χ1v) is 11.1.